The van der Waals surface area contributed by atoms with E-state index in [1.807, 2.05) is 30.5 Å². The zero-order valence-electron chi connectivity index (χ0n) is 11.1. The Balaban J connectivity index is 1.97. The highest BCUT2D eigenvalue weighted by atomic mass is 79.9. The standard InChI is InChI=1S/C15H19BrN2O/c1-2-7-18-8-6-17-15(18)11-14(19)10-12-4-3-5-13(16)9-12/h3-6,8-9,14,19H,2,7,10-11H2,1H3. The van der Waals surface area contributed by atoms with E-state index in [-0.39, 0.29) is 0 Å². The second-order valence-corrected chi connectivity index (χ2v) is 5.64. The number of hydrogen-bond acceptors (Lipinski definition) is 2. The number of imidazole rings is 1. The van der Waals surface area contributed by atoms with Crippen molar-refractivity contribution in [3.05, 3.63) is 52.5 Å². The summed E-state index contributed by atoms with van der Waals surface area (Å²) in [6.45, 7) is 3.10. The van der Waals surface area contributed by atoms with Gasteiger partial charge < -0.3 is 9.67 Å². The first-order valence-electron chi connectivity index (χ1n) is 6.61. The summed E-state index contributed by atoms with van der Waals surface area (Å²) in [5.41, 5.74) is 1.13. The molecule has 0 fully saturated rings. The van der Waals surface area contributed by atoms with Crippen LogP contribution in [0.4, 0.5) is 0 Å². The number of benzene rings is 1. The maximum absolute atomic E-state index is 10.2. The molecule has 0 bridgehead atoms. The smallest absolute Gasteiger partial charge is 0.111 e. The van der Waals surface area contributed by atoms with Crippen LogP contribution in [0.5, 0.6) is 0 Å². The number of nitrogens with zero attached hydrogens (tertiary/aromatic N) is 2. The highest BCUT2D eigenvalue weighted by molar-refractivity contribution is 9.10. The minimum absolute atomic E-state index is 0.396. The Hall–Kier alpha value is -1.13. The summed E-state index contributed by atoms with van der Waals surface area (Å²) in [6.07, 6.45) is 5.71. The first-order valence-corrected chi connectivity index (χ1v) is 7.41. The fourth-order valence-electron chi connectivity index (χ4n) is 2.19. The first kappa shape index (κ1) is 14.3. The van der Waals surface area contributed by atoms with Crippen molar-refractivity contribution >= 4 is 15.9 Å². The largest absolute Gasteiger partial charge is 0.392 e. The van der Waals surface area contributed by atoms with E-state index in [1.54, 1.807) is 6.20 Å². The lowest BCUT2D eigenvalue weighted by atomic mass is 10.1. The predicted molar refractivity (Wildman–Crippen MR) is 80.1 cm³/mol. The molecule has 0 saturated carbocycles. The number of rotatable bonds is 6. The molecule has 0 aliphatic heterocycles. The van der Waals surface area contributed by atoms with E-state index in [1.165, 1.54) is 0 Å². The summed E-state index contributed by atoms with van der Waals surface area (Å²) in [5.74, 6) is 0.962. The Morgan fingerprint density at radius 2 is 2.21 bits per heavy atom. The maximum atomic E-state index is 10.2. The van der Waals surface area contributed by atoms with Gasteiger partial charge in [-0.2, -0.15) is 0 Å². The number of aliphatic hydroxyl groups is 1. The van der Waals surface area contributed by atoms with Crippen molar-refractivity contribution in [2.24, 2.45) is 0 Å². The fraction of sp³-hybridized carbons (Fsp3) is 0.400. The normalized spacial score (nSPS) is 12.6. The molecule has 2 aromatic rings. The highest BCUT2D eigenvalue weighted by Crippen LogP contribution is 2.14. The van der Waals surface area contributed by atoms with Gasteiger partial charge >= 0.3 is 0 Å². The summed E-state index contributed by atoms with van der Waals surface area (Å²) in [4.78, 5) is 4.33. The lowest BCUT2D eigenvalue weighted by Gasteiger charge is -2.12. The topological polar surface area (TPSA) is 38.0 Å². The van der Waals surface area contributed by atoms with Crippen LogP contribution in [0.2, 0.25) is 0 Å². The van der Waals surface area contributed by atoms with Gasteiger partial charge in [0, 0.05) is 29.8 Å². The van der Waals surface area contributed by atoms with E-state index in [0.717, 1.165) is 28.8 Å². The number of aryl methyl sites for hydroxylation is 1. The zero-order valence-corrected chi connectivity index (χ0v) is 12.7. The molecule has 1 aromatic carbocycles. The predicted octanol–water partition coefficient (Wildman–Crippen LogP) is 3.20. The van der Waals surface area contributed by atoms with Gasteiger partial charge in [-0.3, -0.25) is 0 Å². The van der Waals surface area contributed by atoms with Crippen LogP contribution in [-0.2, 0) is 19.4 Å². The summed E-state index contributed by atoms with van der Waals surface area (Å²) in [6, 6.07) is 8.06. The van der Waals surface area contributed by atoms with Crippen molar-refractivity contribution in [1.82, 2.24) is 9.55 Å². The van der Waals surface area contributed by atoms with Gasteiger partial charge in [0.15, 0.2) is 0 Å². The number of hydrogen-bond donors (Lipinski definition) is 1. The third-order valence-electron chi connectivity index (χ3n) is 3.04. The van der Waals surface area contributed by atoms with E-state index in [4.69, 9.17) is 0 Å². The molecule has 1 N–H and O–H groups in total. The minimum atomic E-state index is -0.396. The molecule has 4 heteroatoms. The van der Waals surface area contributed by atoms with E-state index >= 15 is 0 Å². The molecule has 1 unspecified atom stereocenters. The summed E-state index contributed by atoms with van der Waals surface area (Å²) in [7, 11) is 0. The molecule has 0 amide bonds. The van der Waals surface area contributed by atoms with Crippen molar-refractivity contribution < 1.29 is 5.11 Å². The molecule has 0 radical (unpaired) electrons. The van der Waals surface area contributed by atoms with Gasteiger partial charge in [-0.1, -0.05) is 35.0 Å². The molecule has 0 spiro atoms. The van der Waals surface area contributed by atoms with Gasteiger partial charge in [0.2, 0.25) is 0 Å². The third-order valence-corrected chi connectivity index (χ3v) is 3.54. The van der Waals surface area contributed by atoms with E-state index in [2.05, 4.69) is 32.4 Å². The van der Waals surface area contributed by atoms with Crippen LogP contribution < -0.4 is 0 Å². The molecule has 0 aliphatic rings. The minimum Gasteiger partial charge on any atom is -0.392 e. The highest BCUT2D eigenvalue weighted by Gasteiger charge is 2.11. The van der Waals surface area contributed by atoms with E-state index in [0.29, 0.717) is 12.8 Å². The molecule has 1 aromatic heterocycles. The maximum Gasteiger partial charge on any atom is 0.111 e. The number of halogens is 1. The molecule has 2 rings (SSSR count). The molecular formula is C15H19BrN2O. The molecule has 102 valence electrons. The molecule has 3 nitrogen and oxygen atoms in total. The summed E-state index contributed by atoms with van der Waals surface area (Å²) in [5, 5.41) is 10.2. The number of aliphatic hydroxyl groups excluding tert-OH is 1. The van der Waals surface area contributed by atoms with Crippen LogP contribution in [0.3, 0.4) is 0 Å². The van der Waals surface area contributed by atoms with Crippen molar-refractivity contribution in [3.63, 3.8) is 0 Å². The van der Waals surface area contributed by atoms with Gasteiger partial charge in [-0.15, -0.1) is 0 Å². The lowest BCUT2D eigenvalue weighted by molar-refractivity contribution is 0.171. The van der Waals surface area contributed by atoms with E-state index in [9.17, 15) is 5.11 Å². The Kier molecular flexibility index (Phi) is 5.16. The third kappa shape index (κ3) is 4.18. The summed E-state index contributed by atoms with van der Waals surface area (Å²) >= 11 is 3.45. The van der Waals surface area contributed by atoms with Gasteiger partial charge in [0.25, 0.3) is 0 Å². The second kappa shape index (κ2) is 6.87. The van der Waals surface area contributed by atoms with E-state index < -0.39 is 6.10 Å². The first-order chi connectivity index (χ1) is 9.19. The molecule has 0 aliphatic carbocycles. The Bertz CT molecular complexity index is 524. The SMILES string of the molecule is CCCn1ccnc1CC(O)Cc1cccc(Br)c1. The van der Waals surface area contributed by atoms with Crippen LogP contribution in [0.25, 0.3) is 0 Å². The van der Waals surface area contributed by atoms with Gasteiger partial charge in [-0.25, -0.2) is 4.98 Å². The van der Waals surface area contributed by atoms with Crippen LogP contribution >= 0.6 is 15.9 Å². The van der Waals surface area contributed by atoms with Crippen molar-refractivity contribution in [3.8, 4) is 0 Å². The average Bonchev–Trinajstić information content (AvgIpc) is 2.77. The Morgan fingerprint density at radius 1 is 1.37 bits per heavy atom. The molecule has 1 atom stereocenters. The Morgan fingerprint density at radius 3 is 2.95 bits per heavy atom. The van der Waals surface area contributed by atoms with Crippen LogP contribution in [-0.4, -0.2) is 20.8 Å². The molecule has 19 heavy (non-hydrogen) atoms. The second-order valence-electron chi connectivity index (χ2n) is 4.73. The zero-order chi connectivity index (χ0) is 13.7. The van der Waals surface area contributed by atoms with Gasteiger partial charge in [0.1, 0.15) is 5.82 Å². The monoisotopic (exact) mass is 322 g/mol. The van der Waals surface area contributed by atoms with Crippen molar-refractivity contribution in [2.45, 2.75) is 38.8 Å². The van der Waals surface area contributed by atoms with Gasteiger partial charge in [-0.05, 0) is 30.5 Å². The summed E-state index contributed by atoms with van der Waals surface area (Å²) < 4.78 is 3.16. The van der Waals surface area contributed by atoms with Gasteiger partial charge in [0.05, 0.1) is 6.10 Å². The van der Waals surface area contributed by atoms with Crippen molar-refractivity contribution in [2.75, 3.05) is 0 Å². The Labute approximate surface area is 122 Å². The molecule has 0 saturated heterocycles. The molecule has 1 heterocycles. The number of aromatic nitrogens is 2. The fourth-order valence-corrected chi connectivity index (χ4v) is 2.64. The van der Waals surface area contributed by atoms with Crippen molar-refractivity contribution in [1.29, 1.82) is 0 Å². The van der Waals surface area contributed by atoms with Crippen LogP contribution in [0.15, 0.2) is 41.1 Å². The quantitative estimate of drug-likeness (QED) is 0.886. The average molecular weight is 323 g/mol. The molecular weight excluding hydrogens is 304 g/mol. The lowest BCUT2D eigenvalue weighted by Crippen LogP contribution is -2.17. The van der Waals surface area contributed by atoms with Crippen LogP contribution in [0.1, 0.15) is 24.7 Å². The van der Waals surface area contributed by atoms with Crippen LogP contribution in [0, 0.1) is 0 Å².